The Morgan fingerprint density at radius 2 is 1.55 bits per heavy atom. The molecule has 3 aromatic rings. The lowest BCUT2D eigenvalue weighted by Gasteiger charge is -2.15. The van der Waals surface area contributed by atoms with Gasteiger partial charge in [0.25, 0.3) is 0 Å². The van der Waals surface area contributed by atoms with Crippen molar-refractivity contribution in [3.8, 4) is 28.5 Å². The summed E-state index contributed by atoms with van der Waals surface area (Å²) in [6, 6.07) is 17.8. The zero-order valence-corrected chi connectivity index (χ0v) is 17.3. The number of aliphatic hydroxyl groups excluding tert-OH is 1. The molecule has 0 fully saturated rings. The van der Waals surface area contributed by atoms with Gasteiger partial charge in [0, 0.05) is 17.7 Å². The molecule has 1 atom stereocenters. The molecule has 0 aliphatic rings. The van der Waals surface area contributed by atoms with Crippen LogP contribution in [0.25, 0.3) is 11.3 Å². The van der Waals surface area contributed by atoms with Crippen molar-refractivity contribution < 1.29 is 19.3 Å². The fourth-order valence-corrected chi connectivity index (χ4v) is 3.33. The summed E-state index contributed by atoms with van der Waals surface area (Å²) in [4.78, 5) is 4.85. The second-order valence-corrected chi connectivity index (χ2v) is 6.78. The monoisotopic (exact) mass is 393 g/mol. The highest BCUT2D eigenvalue weighted by Crippen LogP contribution is 2.38. The third-order valence-electron chi connectivity index (χ3n) is 4.85. The summed E-state index contributed by atoms with van der Waals surface area (Å²) in [7, 11) is 4.79. The van der Waals surface area contributed by atoms with E-state index in [1.807, 2.05) is 61.5 Å². The van der Waals surface area contributed by atoms with Crippen LogP contribution in [0.15, 0.2) is 54.6 Å². The lowest BCUT2D eigenvalue weighted by molar-refractivity contribution is 0.173. The van der Waals surface area contributed by atoms with Gasteiger partial charge in [-0.1, -0.05) is 37.3 Å². The van der Waals surface area contributed by atoms with E-state index in [9.17, 15) is 5.11 Å². The second kappa shape index (κ2) is 9.43. The first kappa shape index (κ1) is 20.7. The molecular weight excluding hydrogens is 366 g/mol. The number of rotatable bonds is 8. The standard InChI is InChI=1S/C24H27NO4/c1-5-21(26)18-14-19(25-20(15-18)17-9-7-6-8-10-17)11-16-12-22(27-2)24(29-4)23(13-16)28-3/h6-10,12-15,21,26H,5,11H2,1-4H3/t21-/m1/s1. The quantitative estimate of drug-likeness (QED) is 0.595. The van der Waals surface area contributed by atoms with Crippen LogP contribution >= 0.6 is 0 Å². The number of methoxy groups -OCH3 is 3. The Kier molecular flexibility index (Phi) is 6.73. The zero-order chi connectivity index (χ0) is 20.8. The van der Waals surface area contributed by atoms with E-state index >= 15 is 0 Å². The van der Waals surface area contributed by atoms with Crippen molar-refractivity contribution in [2.75, 3.05) is 21.3 Å². The first-order chi connectivity index (χ1) is 14.1. The van der Waals surface area contributed by atoms with Crippen LogP contribution < -0.4 is 14.2 Å². The summed E-state index contributed by atoms with van der Waals surface area (Å²) in [6.45, 7) is 1.96. The molecule has 5 nitrogen and oxygen atoms in total. The normalized spacial score (nSPS) is 11.8. The second-order valence-electron chi connectivity index (χ2n) is 6.78. The molecule has 0 aliphatic carbocycles. The molecule has 1 N–H and O–H groups in total. The SMILES string of the molecule is CC[C@@H](O)c1cc(Cc2cc(OC)c(OC)c(OC)c2)nc(-c2ccccc2)c1. The van der Waals surface area contributed by atoms with Crippen molar-refractivity contribution in [1.82, 2.24) is 4.98 Å². The Morgan fingerprint density at radius 1 is 0.897 bits per heavy atom. The Hall–Kier alpha value is -3.05. The maximum absolute atomic E-state index is 10.4. The van der Waals surface area contributed by atoms with Gasteiger partial charge < -0.3 is 19.3 Å². The first-order valence-corrected chi connectivity index (χ1v) is 9.62. The maximum Gasteiger partial charge on any atom is 0.203 e. The van der Waals surface area contributed by atoms with Crippen LogP contribution in [0.2, 0.25) is 0 Å². The largest absolute Gasteiger partial charge is 0.493 e. The van der Waals surface area contributed by atoms with Crippen molar-refractivity contribution in [2.24, 2.45) is 0 Å². The van der Waals surface area contributed by atoms with E-state index in [1.165, 1.54) is 0 Å². The van der Waals surface area contributed by atoms with Crippen LogP contribution in [0, 0.1) is 0 Å². The van der Waals surface area contributed by atoms with Crippen LogP contribution in [0.5, 0.6) is 17.2 Å². The minimum absolute atomic E-state index is 0.529. The fourth-order valence-electron chi connectivity index (χ4n) is 3.33. The summed E-state index contributed by atoms with van der Waals surface area (Å²) < 4.78 is 16.3. The van der Waals surface area contributed by atoms with Gasteiger partial charge in [-0.3, -0.25) is 4.98 Å². The van der Waals surface area contributed by atoms with Crippen molar-refractivity contribution in [3.05, 3.63) is 71.4 Å². The highest BCUT2D eigenvalue weighted by Gasteiger charge is 2.15. The molecule has 29 heavy (non-hydrogen) atoms. The third-order valence-corrected chi connectivity index (χ3v) is 4.85. The molecule has 3 rings (SSSR count). The molecule has 2 aromatic carbocycles. The minimum Gasteiger partial charge on any atom is -0.493 e. The summed E-state index contributed by atoms with van der Waals surface area (Å²) in [5, 5.41) is 10.4. The Morgan fingerprint density at radius 3 is 2.10 bits per heavy atom. The smallest absolute Gasteiger partial charge is 0.203 e. The summed E-state index contributed by atoms with van der Waals surface area (Å²) in [6.07, 6.45) is 0.682. The predicted octanol–water partition coefficient (Wildman–Crippen LogP) is 4.81. The topological polar surface area (TPSA) is 60.8 Å². The molecular formula is C24H27NO4. The highest BCUT2D eigenvalue weighted by atomic mass is 16.5. The minimum atomic E-state index is -0.529. The lowest BCUT2D eigenvalue weighted by Crippen LogP contribution is -2.03. The van der Waals surface area contributed by atoms with E-state index in [2.05, 4.69) is 0 Å². The number of aliphatic hydroxyl groups is 1. The number of aromatic nitrogens is 1. The Balaban J connectivity index is 2.04. The van der Waals surface area contributed by atoms with E-state index < -0.39 is 6.10 Å². The maximum atomic E-state index is 10.4. The summed E-state index contributed by atoms with van der Waals surface area (Å²) in [5.74, 6) is 1.77. The lowest BCUT2D eigenvalue weighted by atomic mass is 10.0. The number of pyridine rings is 1. The Bertz CT molecular complexity index is 931. The molecule has 0 saturated carbocycles. The van der Waals surface area contributed by atoms with Gasteiger partial charge in [-0.15, -0.1) is 0 Å². The van der Waals surface area contributed by atoms with Crippen LogP contribution in [0.1, 0.15) is 36.3 Å². The van der Waals surface area contributed by atoms with Gasteiger partial charge >= 0.3 is 0 Å². The van der Waals surface area contributed by atoms with Gasteiger partial charge in [-0.2, -0.15) is 0 Å². The molecule has 1 aromatic heterocycles. The van der Waals surface area contributed by atoms with Crippen LogP contribution in [-0.2, 0) is 6.42 Å². The molecule has 0 saturated heterocycles. The summed E-state index contributed by atoms with van der Waals surface area (Å²) in [5.41, 5.74) is 4.57. The van der Waals surface area contributed by atoms with E-state index in [0.29, 0.717) is 30.1 Å². The molecule has 1 heterocycles. The number of hydrogen-bond donors (Lipinski definition) is 1. The van der Waals surface area contributed by atoms with Crippen molar-refractivity contribution >= 4 is 0 Å². The van der Waals surface area contributed by atoms with Gasteiger partial charge in [0.15, 0.2) is 11.5 Å². The Labute approximate surface area is 171 Å². The number of ether oxygens (including phenoxy) is 3. The van der Waals surface area contributed by atoms with Crippen LogP contribution in [0.3, 0.4) is 0 Å². The van der Waals surface area contributed by atoms with Crippen LogP contribution in [-0.4, -0.2) is 31.4 Å². The molecule has 0 amide bonds. The highest BCUT2D eigenvalue weighted by molar-refractivity contribution is 5.60. The van der Waals surface area contributed by atoms with E-state index in [0.717, 1.165) is 28.1 Å². The van der Waals surface area contributed by atoms with Gasteiger partial charge in [0.05, 0.1) is 33.1 Å². The van der Waals surface area contributed by atoms with Crippen molar-refractivity contribution in [2.45, 2.75) is 25.9 Å². The zero-order valence-electron chi connectivity index (χ0n) is 17.3. The molecule has 5 heteroatoms. The van der Waals surface area contributed by atoms with E-state index in [4.69, 9.17) is 19.2 Å². The number of hydrogen-bond acceptors (Lipinski definition) is 5. The molecule has 0 aliphatic heterocycles. The van der Waals surface area contributed by atoms with Gasteiger partial charge in [0.1, 0.15) is 0 Å². The first-order valence-electron chi connectivity index (χ1n) is 9.62. The molecule has 152 valence electrons. The van der Waals surface area contributed by atoms with Gasteiger partial charge in [0.2, 0.25) is 5.75 Å². The number of benzene rings is 2. The van der Waals surface area contributed by atoms with Gasteiger partial charge in [-0.25, -0.2) is 0 Å². The average Bonchev–Trinajstić information content (AvgIpc) is 2.78. The van der Waals surface area contributed by atoms with Gasteiger partial charge in [-0.05, 0) is 41.8 Å². The fraction of sp³-hybridized carbons (Fsp3) is 0.292. The number of nitrogens with zero attached hydrogens (tertiary/aromatic N) is 1. The third kappa shape index (κ3) is 4.69. The average molecular weight is 393 g/mol. The molecule has 0 radical (unpaired) electrons. The van der Waals surface area contributed by atoms with E-state index in [1.54, 1.807) is 21.3 Å². The van der Waals surface area contributed by atoms with Crippen LogP contribution in [0.4, 0.5) is 0 Å². The molecule has 0 unspecified atom stereocenters. The summed E-state index contributed by atoms with van der Waals surface area (Å²) >= 11 is 0. The van der Waals surface area contributed by atoms with Crippen molar-refractivity contribution in [1.29, 1.82) is 0 Å². The predicted molar refractivity (Wildman–Crippen MR) is 114 cm³/mol. The van der Waals surface area contributed by atoms with Crippen molar-refractivity contribution in [3.63, 3.8) is 0 Å². The molecule has 0 spiro atoms. The van der Waals surface area contributed by atoms with E-state index in [-0.39, 0.29) is 0 Å². The molecule has 0 bridgehead atoms.